The quantitative estimate of drug-likeness (QED) is 0.161. The number of anilines is 3. The van der Waals surface area contributed by atoms with Gasteiger partial charge in [-0.05, 0) is 103 Å². The molecule has 11 aromatic rings. The Balaban J connectivity index is 1.09. The molecule has 2 heteroatoms. The lowest BCUT2D eigenvalue weighted by Gasteiger charge is -2.26. The third-order valence-electron chi connectivity index (χ3n) is 10.8. The van der Waals surface area contributed by atoms with Gasteiger partial charge in [-0.3, -0.25) is 0 Å². The minimum absolute atomic E-state index is 0.0957. The molecule has 0 fully saturated rings. The van der Waals surface area contributed by atoms with Gasteiger partial charge in [0.15, 0.2) is 0 Å². The number of nitrogens with zero attached hydrogens (tertiary/aromatic N) is 1. The van der Waals surface area contributed by atoms with Crippen molar-refractivity contribution in [1.82, 2.24) is 0 Å². The maximum absolute atomic E-state index is 9.59. The molecule has 272 valence electrons. The lowest BCUT2D eigenvalue weighted by molar-refractivity contribution is 0.670. The van der Waals surface area contributed by atoms with E-state index in [2.05, 4.69) is 18.2 Å². The molecular formula is C56H37NO. The van der Waals surface area contributed by atoms with Crippen LogP contribution in [-0.2, 0) is 0 Å². The summed E-state index contributed by atoms with van der Waals surface area (Å²) >= 11 is 0. The SMILES string of the molecule is [2H]c1c([2H])c(N(c2ccc(-c3cccc4c3oc3ccccc34)cc2)c2c([2H])c([2H])c(-c3cccc4ccccc34)c([2H])c2[2H])c([2H])c([2H])c1-c1ccc(-c2cccc3ccccc23)cc1. The molecule has 1 aromatic heterocycles. The second-order valence-corrected chi connectivity index (χ2v) is 14.2. The fourth-order valence-corrected chi connectivity index (χ4v) is 7.99. The maximum Gasteiger partial charge on any atom is 0.143 e. The molecule has 1 heterocycles. The Labute approximate surface area is 348 Å². The van der Waals surface area contributed by atoms with E-state index in [1.165, 1.54) is 4.90 Å². The van der Waals surface area contributed by atoms with Crippen molar-refractivity contribution in [2.45, 2.75) is 0 Å². The van der Waals surface area contributed by atoms with Gasteiger partial charge in [-0.2, -0.15) is 0 Å². The van der Waals surface area contributed by atoms with Crippen LogP contribution in [0.15, 0.2) is 229 Å². The van der Waals surface area contributed by atoms with Crippen molar-refractivity contribution in [3.63, 3.8) is 0 Å². The molecule has 2 nitrogen and oxygen atoms in total. The van der Waals surface area contributed by atoms with Crippen molar-refractivity contribution in [3.05, 3.63) is 224 Å². The molecule has 0 amide bonds. The highest BCUT2D eigenvalue weighted by Crippen LogP contribution is 2.41. The fraction of sp³-hybridized carbons (Fsp3) is 0. The fourth-order valence-electron chi connectivity index (χ4n) is 7.99. The third kappa shape index (κ3) is 5.91. The van der Waals surface area contributed by atoms with Crippen LogP contribution in [0.25, 0.3) is 88.0 Å². The molecule has 0 saturated heterocycles. The van der Waals surface area contributed by atoms with Gasteiger partial charge in [0.25, 0.3) is 0 Å². The average molecular weight is 748 g/mol. The molecule has 10 aromatic carbocycles. The predicted octanol–water partition coefficient (Wildman–Crippen LogP) is 16.0. The second-order valence-electron chi connectivity index (χ2n) is 14.2. The molecule has 0 unspecified atom stereocenters. The molecule has 0 atom stereocenters. The van der Waals surface area contributed by atoms with Gasteiger partial charge in [-0.15, -0.1) is 0 Å². The van der Waals surface area contributed by atoms with Crippen LogP contribution in [-0.4, -0.2) is 0 Å². The summed E-state index contributed by atoms with van der Waals surface area (Å²) < 4.78 is 82.5. The molecule has 58 heavy (non-hydrogen) atoms. The minimum Gasteiger partial charge on any atom is -0.455 e. The zero-order valence-corrected chi connectivity index (χ0v) is 31.1. The highest BCUT2D eigenvalue weighted by Gasteiger charge is 2.16. The topological polar surface area (TPSA) is 16.4 Å². The molecule has 0 N–H and O–H groups in total. The van der Waals surface area contributed by atoms with Crippen LogP contribution in [0.4, 0.5) is 17.1 Å². The number of hydrogen-bond acceptors (Lipinski definition) is 2. The summed E-state index contributed by atoms with van der Waals surface area (Å²) in [4.78, 5) is 1.34. The first-order valence-corrected chi connectivity index (χ1v) is 19.2. The molecule has 11 rings (SSSR count). The summed E-state index contributed by atoms with van der Waals surface area (Å²) in [5.41, 5.74) is 6.14. The van der Waals surface area contributed by atoms with Gasteiger partial charge in [0.05, 0.1) is 11.0 Å². The Morgan fingerprint density at radius 3 is 1.41 bits per heavy atom. The Hall–Kier alpha value is -7.68. The van der Waals surface area contributed by atoms with Crippen LogP contribution < -0.4 is 4.90 Å². The number of rotatable bonds is 7. The van der Waals surface area contributed by atoms with Gasteiger partial charge in [-0.1, -0.05) is 182 Å². The van der Waals surface area contributed by atoms with E-state index in [1.807, 2.05) is 127 Å². The van der Waals surface area contributed by atoms with E-state index < -0.39 is 24.2 Å². The van der Waals surface area contributed by atoms with Crippen LogP contribution in [0.2, 0.25) is 0 Å². The lowest BCUT2D eigenvalue weighted by atomic mass is 9.96. The van der Waals surface area contributed by atoms with Crippen LogP contribution in [0.1, 0.15) is 11.0 Å². The Bertz CT molecular complexity index is 3680. The molecule has 0 radical (unpaired) electrons. The van der Waals surface area contributed by atoms with Crippen molar-refractivity contribution in [1.29, 1.82) is 0 Å². The largest absolute Gasteiger partial charge is 0.455 e. The third-order valence-corrected chi connectivity index (χ3v) is 10.8. The van der Waals surface area contributed by atoms with Gasteiger partial charge in [0, 0.05) is 33.4 Å². The normalized spacial score (nSPS) is 13.4. The first kappa shape index (κ1) is 26.2. The molecule has 0 saturated carbocycles. The number of para-hydroxylation sites is 2. The summed E-state index contributed by atoms with van der Waals surface area (Å²) in [7, 11) is 0. The highest BCUT2D eigenvalue weighted by molar-refractivity contribution is 6.09. The van der Waals surface area contributed by atoms with E-state index in [-0.39, 0.29) is 46.7 Å². The van der Waals surface area contributed by atoms with Crippen molar-refractivity contribution in [3.8, 4) is 44.5 Å². The van der Waals surface area contributed by atoms with Crippen LogP contribution in [0.5, 0.6) is 0 Å². The van der Waals surface area contributed by atoms with Gasteiger partial charge in [0.1, 0.15) is 11.2 Å². The minimum atomic E-state index is -0.407. The van der Waals surface area contributed by atoms with Gasteiger partial charge >= 0.3 is 0 Å². The first-order valence-electron chi connectivity index (χ1n) is 23.2. The molecule has 0 aliphatic carbocycles. The van der Waals surface area contributed by atoms with Gasteiger partial charge in [-0.25, -0.2) is 0 Å². The van der Waals surface area contributed by atoms with Crippen molar-refractivity contribution < 1.29 is 15.4 Å². The zero-order chi connectivity index (χ0) is 45.4. The molecule has 0 bridgehead atoms. The summed E-state index contributed by atoms with van der Waals surface area (Å²) in [6.07, 6.45) is 0. The Morgan fingerprint density at radius 1 is 0.310 bits per heavy atom. The maximum atomic E-state index is 9.59. The second kappa shape index (κ2) is 14.1. The molecular weight excluding hydrogens is 703 g/mol. The van der Waals surface area contributed by atoms with Crippen molar-refractivity contribution in [2.24, 2.45) is 0 Å². The Morgan fingerprint density at radius 2 is 0.759 bits per heavy atom. The molecule has 0 aliphatic heterocycles. The van der Waals surface area contributed by atoms with Crippen molar-refractivity contribution >= 4 is 60.5 Å². The zero-order valence-electron chi connectivity index (χ0n) is 39.1. The van der Waals surface area contributed by atoms with Gasteiger partial charge < -0.3 is 9.32 Å². The molecule has 0 aliphatic rings. The van der Waals surface area contributed by atoms with E-state index >= 15 is 0 Å². The van der Waals surface area contributed by atoms with E-state index in [4.69, 9.17) is 4.42 Å². The first-order chi connectivity index (χ1) is 32.1. The smallest absolute Gasteiger partial charge is 0.143 e. The van der Waals surface area contributed by atoms with Gasteiger partial charge in [0.2, 0.25) is 0 Å². The van der Waals surface area contributed by atoms with E-state index in [9.17, 15) is 11.0 Å². The summed E-state index contributed by atoms with van der Waals surface area (Å²) in [5.74, 6) is 0. The summed E-state index contributed by atoms with van der Waals surface area (Å²) in [5, 5.41) is 5.77. The number of furan rings is 1. The number of hydrogen-bond donors (Lipinski definition) is 0. The van der Waals surface area contributed by atoms with Crippen LogP contribution in [0.3, 0.4) is 0 Å². The van der Waals surface area contributed by atoms with Crippen LogP contribution >= 0.6 is 0 Å². The average Bonchev–Trinajstić information content (AvgIpc) is 3.74. The Kier molecular flexibility index (Phi) is 6.38. The predicted molar refractivity (Wildman–Crippen MR) is 245 cm³/mol. The summed E-state index contributed by atoms with van der Waals surface area (Å²) in [6.45, 7) is 0. The standard InChI is InChI=1S/C56H37NO/c1-3-14-48-40(10-1)12-7-17-50(48)42-24-22-38(23-25-42)39-26-32-45(33-27-39)57(46-34-28-43(29-35-46)51-18-8-13-41-11-2-4-15-49(41)51)47-36-30-44(31-37-47)52-19-9-20-54-53-16-5-6-21-55(53)58-56(52)54/h1-37H/i26D,27D,28D,29D,32D,33D,34D,35D. The van der Waals surface area contributed by atoms with Crippen LogP contribution in [0, 0.1) is 0 Å². The number of benzene rings is 10. The highest BCUT2D eigenvalue weighted by atomic mass is 16.3. The lowest BCUT2D eigenvalue weighted by Crippen LogP contribution is -2.09. The molecule has 0 spiro atoms. The van der Waals surface area contributed by atoms with E-state index in [0.29, 0.717) is 22.4 Å². The monoisotopic (exact) mass is 747 g/mol. The van der Waals surface area contributed by atoms with Crippen molar-refractivity contribution in [2.75, 3.05) is 4.90 Å². The number of fused-ring (bicyclic) bond motifs is 5. The summed E-state index contributed by atoms with van der Waals surface area (Å²) in [6, 6.07) is 52.8. The van der Waals surface area contributed by atoms with E-state index in [1.54, 1.807) is 30.3 Å². The van der Waals surface area contributed by atoms with E-state index in [0.717, 1.165) is 60.2 Å².